The van der Waals surface area contributed by atoms with Gasteiger partial charge in [0.15, 0.2) is 0 Å². The lowest BCUT2D eigenvalue weighted by molar-refractivity contribution is 0.0940. The molecule has 0 saturated heterocycles. The predicted molar refractivity (Wildman–Crippen MR) is 70.9 cm³/mol. The fourth-order valence-corrected chi connectivity index (χ4v) is 1.74. The fourth-order valence-electron chi connectivity index (χ4n) is 1.74. The summed E-state index contributed by atoms with van der Waals surface area (Å²) in [4.78, 5) is 15.9. The number of nitrogens with zero attached hydrogens (tertiary/aromatic N) is 1. The number of carbonyl (C=O) groups excluding carboxylic acids is 1. The van der Waals surface area contributed by atoms with Gasteiger partial charge in [0.25, 0.3) is 5.91 Å². The molecule has 0 radical (unpaired) electrons. The van der Waals surface area contributed by atoms with Gasteiger partial charge in [0, 0.05) is 12.4 Å². The molecule has 5 heteroatoms. The second-order valence-electron chi connectivity index (χ2n) is 4.18. The molecule has 2 rings (SSSR count). The zero-order valence-corrected chi connectivity index (χ0v) is 10.4. The number of amides is 1. The molecule has 0 aliphatic heterocycles. The van der Waals surface area contributed by atoms with Crippen LogP contribution < -0.4 is 11.1 Å². The molecule has 1 aromatic heterocycles. The van der Waals surface area contributed by atoms with E-state index in [9.17, 15) is 9.18 Å². The third-order valence-corrected chi connectivity index (χ3v) is 2.85. The van der Waals surface area contributed by atoms with Gasteiger partial charge in [-0.3, -0.25) is 9.78 Å². The number of aromatic nitrogens is 1. The van der Waals surface area contributed by atoms with Crippen LogP contribution in [0.25, 0.3) is 0 Å². The van der Waals surface area contributed by atoms with Gasteiger partial charge < -0.3 is 11.1 Å². The van der Waals surface area contributed by atoms with E-state index in [4.69, 9.17) is 5.73 Å². The Kier molecular flexibility index (Phi) is 3.75. The predicted octanol–water partition coefficient (Wildman–Crippen LogP) is 2.29. The maximum absolute atomic E-state index is 13.3. The van der Waals surface area contributed by atoms with Crippen molar-refractivity contribution < 1.29 is 9.18 Å². The lowest BCUT2D eigenvalue weighted by Gasteiger charge is -2.15. The standard InChI is InChI=1S/C14H14FN3O/c1-9(10-5-7-17-8-6-10)18-14(19)11-3-2-4-12(15)13(11)16/h2-9H,16H2,1H3,(H,18,19)/t9-/m0/s1. The molecule has 1 heterocycles. The Bertz CT molecular complexity index is 586. The number of carbonyl (C=O) groups is 1. The molecule has 0 unspecified atom stereocenters. The number of nitrogens with one attached hydrogen (secondary N) is 1. The lowest BCUT2D eigenvalue weighted by Crippen LogP contribution is -2.27. The van der Waals surface area contributed by atoms with Crippen LogP contribution in [0, 0.1) is 5.82 Å². The first-order valence-electron chi connectivity index (χ1n) is 5.84. The summed E-state index contributed by atoms with van der Waals surface area (Å²) >= 11 is 0. The zero-order chi connectivity index (χ0) is 13.8. The number of nitrogen functional groups attached to an aromatic ring is 1. The van der Waals surface area contributed by atoms with Gasteiger partial charge in [-0.05, 0) is 36.8 Å². The quantitative estimate of drug-likeness (QED) is 0.831. The minimum Gasteiger partial charge on any atom is -0.396 e. The van der Waals surface area contributed by atoms with E-state index < -0.39 is 11.7 Å². The number of benzene rings is 1. The molecule has 0 spiro atoms. The van der Waals surface area contributed by atoms with Crippen LogP contribution in [0.4, 0.5) is 10.1 Å². The average Bonchev–Trinajstić information content (AvgIpc) is 2.42. The molecular formula is C14H14FN3O. The van der Waals surface area contributed by atoms with Gasteiger partial charge in [-0.25, -0.2) is 4.39 Å². The molecule has 1 amide bonds. The zero-order valence-electron chi connectivity index (χ0n) is 10.4. The SMILES string of the molecule is C[C@H](NC(=O)c1cccc(F)c1N)c1ccncc1. The van der Waals surface area contributed by atoms with E-state index in [2.05, 4.69) is 10.3 Å². The van der Waals surface area contributed by atoms with E-state index in [1.54, 1.807) is 24.5 Å². The Balaban J connectivity index is 2.16. The van der Waals surface area contributed by atoms with Gasteiger partial charge >= 0.3 is 0 Å². The third-order valence-electron chi connectivity index (χ3n) is 2.85. The van der Waals surface area contributed by atoms with Gasteiger partial charge in [-0.1, -0.05) is 6.07 Å². The number of anilines is 1. The average molecular weight is 259 g/mol. The number of para-hydroxylation sites is 1. The Hall–Kier alpha value is -2.43. The van der Waals surface area contributed by atoms with Crippen LogP contribution in [0.3, 0.4) is 0 Å². The maximum atomic E-state index is 13.3. The largest absolute Gasteiger partial charge is 0.396 e. The third kappa shape index (κ3) is 2.88. The molecule has 0 aliphatic rings. The van der Waals surface area contributed by atoms with Crippen LogP contribution in [-0.4, -0.2) is 10.9 Å². The second kappa shape index (κ2) is 5.48. The number of halogens is 1. The van der Waals surface area contributed by atoms with Crippen LogP contribution in [-0.2, 0) is 0 Å². The van der Waals surface area contributed by atoms with E-state index in [1.807, 2.05) is 6.92 Å². The lowest BCUT2D eigenvalue weighted by atomic mass is 10.1. The van der Waals surface area contributed by atoms with Crippen molar-refractivity contribution in [3.05, 3.63) is 59.7 Å². The molecule has 0 fully saturated rings. The Morgan fingerprint density at radius 2 is 2.00 bits per heavy atom. The molecule has 19 heavy (non-hydrogen) atoms. The number of hydrogen-bond donors (Lipinski definition) is 2. The van der Waals surface area contributed by atoms with Gasteiger partial charge in [-0.15, -0.1) is 0 Å². The highest BCUT2D eigenvalue weighted by molar-refractivity contribution is 5.99. The van der Waals surface area contributed by atoms with Crippen LogP contribution in [0.1, 0.15) is 28.9 Å². The summed E-state index contributed by atoms with van der Waals surface area (Å²) in [6.07, 6.45) is 3.29. The summed E-state index contributed by atoms with van der Waals surface area (Å²) < 4.78 is 13.3. The summed E-state index contributed by atoms with van der Waals surface area (Å²) in [6, 6.07) is 7.57. The number of nitrogens with two attached hydrogens (primary N) is 1. The van der Waals surface area contributed by atoms with Gasteiger partial charge in [0.05, 0.1) is 17.3 Å². The second-order valence-corrected chi connectivity index (χ2v) is 4.18. The van der Waals surface area contributed by atoms with Crippen LogP contribution in [0.5, 0.6) is 0 Å². The van der Waals surface area contributed by atoms with E-state index >= 15 is 0 Å². The molecule has 0 aliphatic carbocycles. The van der Waals surface area contributed by atoms with Crippen molar-refractivity contribution in [3.63, 3.8) is 0 Å². The van der Waals surface area contributed by atoms with Crippen molar-refractivity contribution in [3.8, 4) is 0 Å². The molecule has 0 saturated carbocycles. The molecular weight excluding hydrogens is 245 g/mol. The Labute approximate surface area is 110 Å². The first-order valence-corrected chi connectivity index (χ1v) is 5.84. The van der Waals surface area contributed by atoms with Crippen LogP contribution in [0.2, 0.25) is 0 Å². The van der Waals surface area contributed by atoms with Gasteiger partial charge in [0.2, 0.25) is 0 Å². The van der Waals surface area contributed by atoms with Gasteiger partial charge in [-0.2, -0.15) is 0 Å². The molecule has 98 valence electrons. The molecule has 3 N–H and O–H groups in total. The first-order chi connectivity index (χ1) is 9.09. The number of hydrogen-bond acceptors (Lipinski definition) is 3. The highest BCUT2D eigenvalue weighted by atomic mass is 19.1. The molecule has 1 aromatic carbocycles. The summed E-state index contributed by atoms with van der Waals surface area (Å²) in [5, 5.41) is 2.77. The fraction of sp³-hybridized carbons (Fsp3) is 0.143. The monoisotopic (exact) mass is 259 g/mol. The number of pyridine rings is 1. The van der Waals surface area contributed by atoms with Crippen molar-refractivity contribution >= 4 is 11.6 Å². The smallest absolute Gasteiger partial charge is 0.253 e. The topological polar surface area (TPSA) is 68.0 Å². The van der Waals surface area contributed by atoms with E-state index in [0.29, 0.717) is 0 Å². The minimum absolute atomic E-state index is 0.137. The van der Waals surface area contributed by atoms with Crippen molar-refractivity contribution in [2.45, 2.75) is 13.0 Å². The summed E-state index contributed by atoms with van der Waals surface area (Å²) in [5.74, 6) is -0.995. The highest BCUT2D eigenvalue weighted by Gasteiger charge is 2.15. The highest BCUT2D eigenvalue weighted by Crippen LogP contribution is 2.17. The van der Waals surface area contributed by atoms with Crippen molar-refractivity contribution in [1.82, 2.24) is 10.3 Å². The van der Waals surface area contributed by atoms with Crippen molar-refractivity contribution in [1.29, 1.82) is 0 Å². The minimum atomic E-state index is -0.593. The molecule has 1 atom stereocenters. The van der Waals surface area contributed by atoms with E-state index in [-0.39, 0.29) is 17.3 Å². The molecule has 2 aromatic rings. The van der Waals surface area contributed by atoms with E-state index in [1.165, 1.54) is 18.2 Å². The summed E-state index contributed by atoms with van der Waals surface area (Å²) in [5.41, 5.74) is 6.47. The summed E-state index contributed by atoms with van der Waals surface area (Å²) in [7, 11) is 0. The van der Waals surface area contributed by atoms with Gasteiger partial charge in [0.1, 0.15) is 5.82 Å². The summed E-state index contributed by atoms with van der Waals surface area (Å²) in [6.45, 7) is 1.84. The molecule has 4 nitrogen and oxygen atoms in total. The van der Waals surface area contributed by atoms with Crippen LogP contribution >= 0.6 is 0 Å². The first kappa shape index (κ1) is 13.0. The Morgan fingerprint density at radius 3 is 2.68 bits per heavy atom. The van der Waals surface area contributed by atoms with E-state index in [0.717, 1.165) is 5.56 Å². The number of rotatable bonds is 3. The molecule has 0 bridgehead atoms. The Morgan fingerprint density at radius 1 is 1.32 bits per heavy atom. The normalized spacial score (nSPS) is 11.9. The van der Waals surface area contributed by atoms with Crippen LogP contribution in [0.15, 0.2) is 42.7 Å². The van der Waals surface area contributed by atoms with Crippen molar-refractivity contribution in [2.75, 3.05) is 5.73 Å². The van der Waals surface area contributed by atoms with Crippen molar-refractivity contribution in [2.24, 2.45) is 0 Å². The maximum Gasteiger partial charge on any atom is 0.253 e.